The summed E-state index contributed by atoms with van der Waals surface area (Å²) in [5, 5.41) is 1.17. The van der Waals surface area contributed by atoms with Gasteiger partial charge in [0, 0.05) is 0 Å². The fourth-order valence-corrected chi connectivity index (χ4v) is 2.52. The zero-order chi connectivity index (χ0) is 9.59. The molecular formula is C6Cl4N2S. The van der Waals surface area contributed by atoms with Gasteiger partial charge in [-0.25, -0.2) is 0 Å². The topological polar surface area (TPSA) is 25.8 Å². The average Bonchev–Trinajstić information content (AvgIpc) is 2.33. The van der Waals surface area contributed by atoms with Crippen LogP contribution in [-0.4, -0.2) is 8.75 Å². The number of aromatic nitrogens is 2. The van der Waals surface area contributed by atoms with E-state index in [-0.39, 0.29) is 10.2 Å². The van der Waals surface area contributed by atoms with E-state index in [4.69, 9.17) is 46.4 Å². The molecule has 13 heavy (non-hydrogen) atoms. The molecule has 68 valence electrons. The van der Waals surface area contributed by atoms with Crippen LogP contribution >= 0.6 is 58.1 Å². The van der Waals surface area contributed by atoms with E-state index in [0.717, 1.165) is 11.7 Å². The van der Waals surface area contributed by atoms with Crippen LogP contribution in [0.1, 0.15) is 0 Å². The smallest absolute Gasteiger partial charge is 0.154 e. The Bertz CT molecular complexity index is 441. The first-order valence-corrected chi connectivity index (χ1v) is 5.31. The minimum atomic E-state index is 0.271. The highest BCUT2D eigenvalue weighted by molar-refractivity contribution is 6.99. The molecule has 0 radical (unpaired) electrons. The Labute approximate surface area is 98.0 Å². The average molecular weight is 274 g/mol. The molecular weight excluding hydrogens is 274 g/mol. The van der Waals surface area contributed by atoms with Crippen LogP contribution in [0.3, 0.4) is 0 Å². The van der Waals surface area contributed by atoms with Crippen LogP contribution in [0.4, 0.5) is 0 Å². The van der Waals surface area contributed by atoms with Crippen molar-refractivity contribution in [3.05, 3.63) is 20.2 Å². The lowest BCUT2D eigenvalue weighted by molar-refractivity contribution is 1.42. The molecule has 2 aliphatic rings. The second-order valence-corrected chi connectivity index (χ2v) is 4.24. The highest BCUT2D eigenvalue weighted by atomic mass is 35.5. The highest BCUT2D eigenvalue weighted by Gasteiger charge is 2.24. The second-order valence-electron chi connectivity index (χ2n) is 2.22. The zero-order valence-electron chi connectivity index (χ0n) is 5.81. The number of halogens is 4. The third-order valence-corrected chi connectivity index (χ3v) is 3.73. The van der Waals surface area contributed by atoms with Crippen LogP contribution in [0.2, 0.25) is 20.2 Å². The molecule has 0 saturated heterocycles. The predicted octanol–water partition coefficient (Wildman–Crippen LogP) is 4.26. The van der Waals surface area contributed by atoms with E-state index in [1.54, 1.807) is 0 Å². The van der Waals surface area contributed by atoms with E-state index in [0.29, 0.717) is 21.3 Å². The van der Waals surface area contributed by atoms with Gasteiger partial charge in [0.1, 0.15) is 5.69 Å². The van der Waals surface area contributed by atoms with E-state index >= 15 is 0 Å². The Morgan fingerprint density at radius 1 is 0.846 bits per heavy atom. The normalized spacial score (nSPS) is 11.1. The maximum absolute atomic E-state index is 5.88. The molecule has 0 bridgehead atoms. The summed E-state index contributed by atoms with van der Waals surface area (Å²) in [7, 11) is 0. The lowest BCUT2D eigenvalue weighted by Gasteiger charge is -1.97. The molecule has 0 saturated carbocycles. The quantitative estimate of drug-likeness (QED) is 0.717. The molecule has 0 amide bonds. The summed E-state index contributed by atoms with van der Waals surface area (Å²) < 4.78 is 7.79. The van der Waals surface area contributed by atoms with Gasteiger partial charge in [0.15, 0.2) is 5.15 Å². The molecule has 0 aromatic heterocycles. The first-order valence-electron chi connectivity index (χ1n) is 3.07. The van der Waals surface area contributed by atoms with Crippen molar-refractivity contribution >= 4 is 58.1 Å². The van der Waals surface area contributed by atoms with Gasteiger partial charge in [0.05, 0.1) is 32.4 Å². The molecule has 0 fully saturated rings. The SMILES string of the molecule is Clc1nsnc2c(Cl)c(Cl)c(Cl)c1-2. The second kappa shape index (κ2) is 3.41. The maximum atomic E-state index is 5.88. The number of nitrogens with zero attached hydrogens (tertiary/aromatic N) is 2. The summed E-state index contributed by atoms with van der Waals surface area (Å²) in [5.74, 6) is 0. The van der Waals surface area contributed by atoms with Gasteiger partial charge in [-0.05, 0) is 0 Å². The Kier molecular flexibility index (Phi) is 2.55. The Morgan fingerprint density at radius 2 is 1.54 bits per heavy atom. The van der Waals surface area contributed by atoms with Crippen molar-refractivity contribution < 1.29 is 0 Å². The summed E-state index contributed by atoms with van der Waals surface area (Å²) in [6.07, 6.45) is 0. The molecule has 0 unspecified atom stereocenters. The fraction of sp³-hybridized carbons (Fsp3) is 0. The van der Waals surface area contributed by atoms with Crippen molar-refractivity contribution in [2.45, 2.75) is 0 Å². The third kappa shape index (κ3) is 1.39. The summed E-state index contributed by atoms with van der Waals surface area (Å²) in [6, 6.07) is 0. The molecule has 7 heteroatoms. The minimum absolute atomic E-state index is 0.271. The van der Waals surface area contributed by atoms with Crippen molar-refractivity contribution in [1.82, 2.24) is 8.75 Å². The zero-order valence-corrected chi connectivity index (χ0v) is 9.65. The third-order valence-electron chi connectivity index (χ3n) is 1.51. The Balaban J connectivity index is 2.91. The van der Waals surface area contributed by atoms with Gasteiger partial charge in [-0.3, -0.25) is 0 Å². The van der Waals surface area contributed by atoms with Gasteiger partial charge in [-0.2, -0.15) is 8.75 Å². The Hall–Kier alpha value is 0.200. The van der Waals surface area contributed by atoms with Gasteiger partial charge in [0.2, 0.25) is 0 Å². The van der Waals surface area contributed by atoms with Gasteiger partial charge >= 0.3 is 0 Å². The summed E-state index contributed by atoms with van der Waals surface area (Å²) >= 11 is 24.3. The molecule has 0 N–H and O–H groups in total. The van der Waals surface area contributed by atoms with Crippen LogP contribution in [0, 0.1) is 0 Å². The highest BCUT2D eigenvalue weighted by Crippen LogP contribution is 2.47. The molecule has 1 heterocycles. The maximum Gasteiger partial charge on any atom is 0.154 e. The molecule has 0 aromatic carbocycles. The minimum Gasteiger partial charge on any atom is -0.173 e. The van der Waals surface area contributed by atoms with Crippen LogP contribution in [-0.2, 0) is 0 Å². The molecule has 0 atom stereocenters. The largest absolute Gasteiger partial charge is 0.173 e. The standard InChI is InChI=1S/C6Cl4N2S/c7-2-1-5(4(9)3(2)8)11-13-12-6(1)10. The predicted molar refractivity (Wildman–Crippen MR) is 56.6 cm³/mol. The Morgan fingerprint density at radius 3 is 2.15 bits per heavy atom. The first-order chi connectivity index (χ1) is 6.13. The van der Waals surface area contributed by atoms with Gasteiger partial charge in [-0.15, -0.1) is 0 Å². The van der Waals surface area contributed by atoms with Gasteiger partial charge < -0.3 is 0 Å². The first kappa shape index (κ1) is 9.74. The van der Waals surface area contributed by atoms with Gasteiger partial charge in [0.25, 0.3) is 0 Å². The van der Waals surface area contributed by atoms with Crippen molar-refractivity contribution in [3.8, 4) is 11.3 Å². The number of fused-ring (bicyclic) bond motifs is 1. The molecule has 1 aliphatic carbocycles. The van der Waals surface area contributed by atoms with Crippen molar-refractivity contribution in [3.63, 3.8) is 0 Å². The number of hydrogen-bond acceptors (Lipinski definition) is 3. The van der Waals surface area contributed by atoms with E-state index in [1.807, 2.05) is 0 Å². The molecule has 0 aromatic rings. The van der Waals surface area contributed by atoms with E-state index in [9.17, 15) is 0 Å². The summed E-state index contributed by atoms with van der Waals surface area (Å²) in [4.78, 5) is 0. The van der Waals surface area contributed by atoms with Crippen molar-refractivity contribution in [2.75, 3.05) is 0 Å². The van der Waals surface area contributed by atoms with E-state index in [1.165, 1.54) is 0 Å². The van der Waals surface area contributed by atoms with Crippen LogP contribution in [0.5, 0.6) is 0 Å². The van der Waals surface area contributed by atoms with Crippen LogP contribution in [0.15, 0.2) is 0 Å². The summed E-state index contributed by atoms with van der Waals surface area (Å²) in [5.41, 5.74) is 1.01. The van der Waals surface area contributed by atoms with Crippen LogP contribution < -0.4 is 0 Å². The fourth-order valence-electron chi connectivity index (χ4n) is 0.940. The van der Waals surface area contributed by atoms with Crippen molar-refractivity contribution in [1.29, 1.82) is 0 Å². The monoisotopic (exact) mass is 272 g/mol. The van der Waals surface area contributed by atoms with Gasteiger partial charge in [-0.1, -0.05) is 46.4 Å². The number of rotatable bonds is 0. The van der Waals surface area contributed by atoms with Crippen molar-refractivity contribution in [2.24, 2.45) is 0 Å². The molecule has 2 rings (SSSR count). The van der Waals surface area contributed by atoms with Crippen LogP contribution in [0.25, 0.3) is 11.3 Å². The lowest BCUT2D eigenvalue weighted by atomic mass is 10.3. The van der Waals surface area contributed by atoms with E-state index < -0.39 is 0 Å². The summed E-state index contributed by atoms with van der Waals surface area (Å²) in [6.45, 7) is 0. The molecule has 0 spiro atoms. The van der Waals surface area contributed by atoms with E-state index in [2.05, 4.69) is 8.75 Å². The molecule has 2 nitrogen and oxygen atoms in total. The lowest BCUT2D eigenvalue weighted by Crippen LogP contribution is -1.82. The molecule has 1 aliphatic heterocycles. The number of hydrogen-bond donors (Lipinski definition) is 0.